The number of piperidine rings is 1. The number of carbonyl (C=O) groups excluding carboxylic acids is 1. The second kappa shape index (κ2) is 8.72. The molecule has 2 rings (SSSR count). The first-order valence-electron chi connectivity index (χ1n) is 8.40. The van der Waals surface area contributed by atoms with E-state index in [1.165, 1.54) is 12.8 Å². The molecule has 0 saturated carbocycles. The van der Waals surface area contributed by atoms with Crippen LogP contribution in [0.5, 0.6) is 11.5 Å². The van der Waals surface area contributed by atoms with Crippen LogP contribution in [0.1, 0.15) is 37.0 Å². The van der Waals surface area contributed by atoms with Gasteiger partial charge >= 0.3 is 0 Å². The van der Waals surface area contributed by atoms with Crippen LogP contribution in [0.15, 0.2) is 16.6 Å². The quantitative estimate of drug-likeness (QED) is 0.798. The normalized spacial score (nSPS) is 19.6. The Morgan fingerprint density at radius 1 is 1.38 bits per heavy atom. The van der Waals surface area contributed by atoms with Gasteiger partial charge in [-0.15, -0.1) is 0 Å². The van der Waals surface area contributed by atoms with E-state index >= 15 is 0 Å². The van der Waals surface area contributed by atoms with Crippen LogP contribution in [0.3, 0.4) is 0 Å². The predicted octanol–water partition coefficient (Wildman–Crippen LogP) is 3.32. The Morgan fingerprint density at radius 3 is 2.54 bits per heavy atom. The molecule has 1 N–H and O–H groups in total. The maximum atomic E-state index is 12.5. The number of methoxy groups -OCH3 is 2. The molecule has 1 aliphatic heterocycles. The van der Waals surface area contributed by atoms with Crippen LogP contribution < -0.4 is 14.8 Å². The molecule has 1 aromatic carbocycles. The van der Waals surface area contributed by atoms with Crippen molar-refractivity contribution in [3.8, 4) is 11.5 Å². The molecule has 6 heteroatoms. The molecular formula is C18H27BrN2O3. The lowest BCUT2D eigenvalue weighted by Gasteiger charge is -2.35. The molecular weight excluding hydrogens is 372 g/mol. The Labute approximate surface area is 152 Å². The minimum absolute atomic E-state index is 0.115. The third-order valence-electron chi connectivity index (χ3n) is 4.58. The molecule has 0 radical (unpaired) electrons. The molecule has 2 unspecified atom stereocenters. The molecule has 1 saturated heterocycles. The number of hydrogen-bond acceptors (Lipinski definition) is 4. The van der Waals surface area contributed by atoms with Gasteiger partial charge in [0.1, 0.15) is 16.0 Å². The average Bonchev–Trinajstić information content (AvgIpc) is 2.59. The van der Waals surface area contributed by atoms with E-state index in [1.54, 1.807) is 26.4 Å². The predicted molar refractivity (Wildman–Crippen MR) is 99.0 cm³/mol. The van der Waals surface area contributed by atoms with Gasteiger partial charge in [-0.3, -0.25) is 9.69 Å². The number of carbonyl (C=O) groups is 1. The highest BCUT2D eigenvalue weighted by Gasteiger charge is 2.22. The van der Waals surface area contributed by atoms with Crippen LogP contribution >= 0.6 is 15.9 Å². The van der Waals surface area contributed by atoms with Gasteiger partial charge in [0, 0.05) is 24.7 Å². The van der Waals surface area contributed by atoms with Crippen LogP contribution in [0.2, 0.25) is 0 Å². The molecule has 24 heavy (non-hydrogen) atoms. The highest BCUT2D eigenvalue weighted by atomic mass is 79.9. The van der Waals surface area contributed by atoms with Crippen LogP contribution in [0, 0.1) is 5.92 Å². The summed E-state index contributed by atoms with van der Waals surface area (Å²) in [7, 11) is 3.14. The number of benzene rings is 1. The lowest BCUT2D eigenvalue weighted by atomic mass is 9.99. The van der Waals surface area contributed by atoms with Crippen molar-refractivity contribution in [2.24, 2.45) is 5.92 Å². The van der Waals surface area contributed by atoms with Crippen molar-refractivity contribution >= 4 is 21.8 Å². The summed E-state index contributed by atoms with van der Waals surface area (Å²) in [5.74, 6) is 1.78. The number of amides is 1. The second-order valence-electron chi connectivity index (χ2n) is 6.50. The van der Waals surface area contributed by atoms with Crippen molar-refractivity contribution in [1.82, 2.24) is 10.2 Å². The summed E-state index contributed by atoms with van der Waals surface area (Å²) in [6.07, 6.45) is 2.54. The van der Waals surface area contributed by atoms with E-state index in [1.807, 2.05) is 0 Å². The minimum Gasteiger partial charge on any atom is -0.495 e. The molecule has 1 aromatic rings. The van der Waals surface area contributed by atoms with E-state index in [-0.39, 0.29) is 5.91 Å². The molecule has 1 heterocycles. The van der Waals surface area contributed by atoms with E-state index in [0.717, 1.165) is 19.0 Å². The van der Waals surface area contributed by atoms with Gasteiger partial charge in [0.15, 0.2) is 0 Å². The third kappa shape index (κ3) is 4.63. The maximum Gasteiger partial charge on any atom is 0.251 e. The first-order valence-corrected chi connectivity index (χ1v) is 9.19. The summed E-state index contributed by atoms with van der Waals surface area (Å²) >= 11 is 3.42. The van der Waals surface area contributed by atoms with E-state index in [0.29, 0.717) is 34.1 Å². The van der Waals surface area contributed by atoms with E-state index < -0.39 is 0 Å². The number of halogens is 1. The summed E-state index contributed by atoms with van der Waals surface area (Å²) in [6, 6.07) is 3.77. The first kappa shape index (κ1) is 19.1. The molecule has 0 aromatic heterocycles. The van der Waals surface area contributed by atoms with E-state index in [2.05, 4.69) is 40.0 Å². The molecule has 134 valence electrons. The van der Waals surface area contributed by atoms with Gasteiger partial charge in [0.05, 0.1) is 14.2 Å². The van der Waals surface area contributed by atoms with Gasteiger partial charge in [-0.1, -0.05) is 6.92 Å². The standard InChI is InChI=1S/C18H27BrN2O3/c1-12-6-5-7-21(11-12)13(2)10-20-18(22)14-8-15(23-3)17(19)16(9-14)24-4/h8-9,12-13H,5-7,10-11H2,1-4H3,(H,20,22). The van der Waals surface area contributed by atoms with Crippen LogP contribution in [-0.4, -0.2) is 50.7 Å². The number of likely N-dealkylation sites (tertiary alicyclic amines) is 1. The van der Waals surface area contributed by atoms with Gasteiger partial charge in [-0.05, 0) is 60.3 Å². The van der Waals surface area contributed by atoms with Crippen molar-refractivity contribution in [2.75, 3.05) is 33.9 Å². The Morgan fingerprint density at radius 2 is 2.00 bits per heavy atom. The molecule has 0 aliphatic carbocycles. The number of ether oxygens (including phenoxy) is 2. The maximum absolute atomic E-state index is 12.5. The molecule has 5 nitrogen and oxygen atoms in total. The molecule has 1 aliphatic rings. The van der Waals surface area contributed by atoms with Gasteiger partial charge in [0.25, 0.3) is 5.91 Å². The van der Waals surface area contributed by atoms with Crippen molar-refractivity contribution in [1.29, 1.82) is 0 Å². The fourth-order valence-corrected chi connectivity index (χ4v) is 3.65. The number of rotatable bonds is 6. The van der Waals surface area contributed by atoms with Crippen molar-refractivity contribution in [3.05, 3.63) is 22.2 Å². The Kier molecular flexibility index (Phi) is 6.92. The molecule has 1 amide bonds. The van der Waals surface area contributed by atoms with Gasteiger partial charge in [0.2, 0.25) is 0 Å². The highest BCUT2D eigenvalue weighted by Crippen LogP contribution is 2.35. The Hall–Kier alpha value is -1.27. The fraction of sp³-hybridized carbons (Fsp3) is 0.611. The molecule has 1 fully saturated rings. The zero-order valence-electron chi connectivity index (χ0n) is 14.9. The van der Waals surface area contributed by atoms with Gasteiger partial charge in [-0.25, -0.2) is 0 Å². The fourth-order valence-electron chi connectivity index (χ4n) is 3.10. The first-order chi connectivity index (χ1) is 11.5. The van der Waals surface area contributed by atoms with Crippen LogP contribution in [0.4, 0.5) is 0 Å². The number of hydrogen-bond donors (Lipinski definition) is 1. The topological polar surface area (TPSA) is 50.8 Å². The summed E-state index contributed by atoms with van der Waals surface area (Å²) in [5.41, 5.74) is 0.533. The van der Waals surface area contributed by atoms with Crippen LogP contribution in [-0.2, 0) is 0 Å². The summed E-state index contributed by atoms with van der Waals surface area (Å²) in [6.45, 7) is 7.31. The lowest BCUT2D eigenvalue weighted by molar-refractivity contribution is 0.0917. The van der Waals surface area contributed by atoms with Gasteiger partial charge < -0.3 is 14.8 Å². The van der Waals surface area contributed by atoms with Gasteiger partial charge in [-0.2, -0.15) is 0 Å². The van der Waals surface area contributed by atoms with Crippen LogP contribution in [0.25, 0.3) is 0 Å². The Balaban J connectivity index is 1.99. The lowest BCUT2D eigenvalue weighted by Crippen LogP contribution is -2.46. The van der Waals surface area contributed by atoms with Crippen molar-refractivity contribution in [3.63, 3.8) is 0 Å². The number of nitrogens with one attached hydrogen (secondary N) is 1. The smallest absolute Gasteiger partial charge is 0.251 e. The van der Waals surface area contributed by atoms with Crippen molar-refractivity contribution < 1.29 is 14.3 Å². The van der Waals surface area contributed by atoms with E-state index in [4.69, 9.17) is 9.47 Å². The second-order valence-corrected chi connectivity index (χ2v) is 7.29. The van der Waals surface area contributed by atoms with Crippen molar-refractivity contribution in [2.45, 2.75) is 32.7 Å². The monoisotopic (exact) mass is 398 g/mol. The molecule has 0 spiro atoms. The third-order valence-corrected chi connectivity index (χ3v) is 5.36. The zero-order chi connectivity index (χ0) is 17.7. The molecule has 0 bridgehead atoms. The zero-order valence-corrected chi connectivity index (χ0v) is 16.5. The minimum atomic E-state index is -0.115. The summed E-state index contributed by atoms with van der Waals surface area (Å²) < 4.78 is 11.3. The summed E-state index contributed by atoms with van der Waals surface area (Å²) in [5, 5.41) is 3.03. The van der Waals surface area contributed by atoms with E-state index in [9.17, 15) is 4.79 Å². The Bertz CT molecular complexity index is 554. The average molecular weight is 399 g/mol. The largest absolute Gasteiger partial charge is 0.495 e. The SMILES string of the molecule is COc1cc(C(=O)NCC(C)N2CCCC(C)C2)cc(OC)c1Br. The molecule has 2 atom stereocenters. The number of nitrogens with zero attached hydrogens (tertiary/aromatic N) is 1. The highest BCUT2D eigenvalue weighted by molar-refractivity contribution is 9.10. The summed E-state index contributed by atoms with van der Waals surface area (Å²) in [4.78, 5) is 14.9.